The summed E-state index contributed by atoms with van der Waals surface area (Å²) in [5, 5.41) is 2.94. The van der Waals surface area contributed by atoms with Crippen LogP contribution in [0.1, 0.15) is 17.3 Å². The summed E-state index contributed by atoms with van der Waals surface area (Å²) >= 11 is 0. The van der Waals surface area contributed by atoms with E-state index in [0.717, 1.165) is 48.9 Å². The molecule has 0 aromatic heterocycles. The van der Waals surface area contributed by atoms with Gasteiger partial charge in [0.05, 0.1) is 33.3 Å². The van der Waals surface area contributed by atoms with Gasteiger partial charge >= 0.3 is 0 Å². The van der Waals surface area contributed by atoms with E-state index < -0.39 is 0 Å². The minimum atomic E-state index is 0.0226. The maximum atomic E-state index is 12.3. The smallest absolute Gasteiger partial charge is 0.279 e. The van der Waals surface area contributed by atoms with Crippen molar-refractivity contribution in [2.45, 2.75) is 6.92 Å². The fraction of sp³-hybridized carbons (Fsp3) is 0.333. The van der Waals surface area contributed by atoms with E-state index >= 15 is 0 Å². The number of quaternary nitrogens is 1. The van der Waals surface area contributed by atoms with Gasteiger partial charge in [-0.15, -0.1) is 0 Å². The quantitative estimate of drug-likeness (QED) is 0.753. The zero-order valence-corrected chi connectivity index (χ0v) is 15.8. The number of hydrogen-bond acceptors (Lipinski definition) is 4. The van der Waals surface area contributed by atoms with E-state index in [4.69, 9.17) is 4.74 Å². The van der Waals surface area contributed by atoms with Crippen LogP contribution >= 0.6 is 0 Å². The third kappa shape index (κ3) is 5.08. The monoisotopic (exact) mass is 368 g/mol. The Balaban J connectivity index is 1.47. The van der Waals surface area contributed by atoms with Gasteiger partial charge in [-0.05, 0) is 55.5 Å². The second-order valence-electron chi connectivity index (χ2n) is 6.79. The molecule has 6 nitrogen and oxygen atoms in total. The van der Waals surface area contributed by atoms with Crippen molar-refractivity contribution in [3.8, 4) is 5.75 Å². The largest absolute Gasteiger partial charge is 0.497 e. The minimum Gasteiger partial charge on any atom is -0.497 e. The molecule has 1 heterocycles. The van der Waals surface area contributed by atoms with Gasteiger partial charge in [0.2, 0.25) is 0 Å². The highest BCUT2D eigenvalue weighted by molar-refractivity contribution is 5.94. The van der Waals surface area contributed by atoms with Crippen molar-refractivity contribution in [3.05, 3.63) is 54.1 Å². The number of methoxy groups -OCH3 is 1. The Bertz CT molecular complexity index is 779. The summed E-state index contributed by atoms with van der Waals surface area (Å²) in [6.07, 6.45) is 0. The van der Waals surface area contributed by atoms with Crippen LogP contribution in [0.4, 0.5) is 11.4 Å². The van der Waals surface area contributed by atoms with E-state index in [-0.39, 0.29) is 11.7 Å². The highest BCUT2D eigenvalue weighted by Crippen LogP contribution is 2.16. The molecule has 1 aliphatic heterocycles. The topological polar surface area (TPSA) is 63.1 Å². The van der Waals surface area contributed by atoms with Crippen LogP contribution < -0.4 is 19.9 Å². The van der Waals surface area contributed by atoms with Crippen LogP contribution in [0, 0.1) is 0 Å². The molecule has 0 spiro atoms. The number of Topliss-reactive ketones (excluding diaryl/α,β-unsaturated/α-hetero) is 1. The van der Waals surface area contributed by atoms with Gasteiger partial charge in [-0.1, -0.05) is 0 Å². The van der Waals surface area contributed by atoms with Crippen LogP contribution in [0.15, 0.2) is 48.5 Å². The Labute approximate surface area is 159 Å². The average Bonchev–Trinajstić information content (AvgIpc) is 2.69. The Morgan fingerprint density at radius 1 is 1.04 bits per heavy atom. The average molecular weight is 368 g/mol. The molecule has 1 fully saturated rings. The predicted molar refractivity (Wildman–Crippen MR) is 106 cm³/mol. The first-order valence-electron chi connectivity index (χ1n) is 9.18. The number of rotatable bonds is 6. The fourth-order valence-corrected chi connectivity index (χ4v) is 3.27. The number of ether oxygens (including phenoxy) is 1. The van der Waals surface area contributed by atoms with E-state index in [1.807, 2.05) is 48.5 Å². The Kier molecular flexibility index (Phi) is 6.08. The SMILES string of the molecule is COc1ccc(NC(=O)C[NH+]2CCN(c3ccc(C(C)=O)cc3)CC2)cc1. The first-order chi connectivity index (χ1) is 13.0. The third-order valence-corrected chi connectivity index (χ3v) is 4.89. The molecule has 1 aliphatic rings. The van der Waals surface area contributed by atoms with Crippen LogP contribution in [-0.2, 0) is 4.79 Å². The summed E-state index contributed by atoms with van der Waals surface area (Å²) in [4.78, 5) is 27.2. The Morgan fingerprint density at radius 2 is 1.67 bits per heavy atom. The number of ketones is 1. The number of piperazine rings is 1. The van der Waals surface area contributed by atoms with Crippen molar-refractivity contribution in [1.82, 2.24) is 0 Å². The van der Waals surface area contributed by atoms with Crippen molar-refractivity contribution < 1.29 is 19.2 Å². The Morgan fingerprint density at radius 3 is 2.22 bits per heavy atom. The summed E-state index contributed by atoms with van der Waals surface area (Å²) in [6.45, 7) is 5.64. The van der Waals surface area contributed by atoms with Gasteiger partial charge in [-0.2, -0.15) is 0 Å². The molecule has 0 aliphatic carbocycles. The summed E-state index contributed by atoms with van der Waals surface area (Å²) in [6, 6.07) is 15.1. The first kappa shape index (κ1) is 18.9. The van der Waals surface area contributed by atoms with Crippen LogP contribution in [0.5, 0.6) is 5.75 Å². The number of nitrogens with zero attached hydrogens (tertiary/aromatic N) is 1. The number of hydrogen-bond donors (Lipinski definition) is 2. The first-order valence-corrected chi connectivity index (χ1v) is 9.18. The van der Waals surface area contributed by atoms with Crippen molar-refractivity contribution in [3.63, 3.8) is 0 Å². The molecule has 6 heteroatoms. The van der Waals surface area contributed by atoms with Gasteiger partial charge < -0.3 is 19.9 Å². The number of benzene rings is 2. The van der Waals surface area contributed by atoms with E-state index in [9.17, 15) is 9.59 Å². The van der Waals surface area contributed by atoms with E-state index in [1.54, 1.807) is 14.0 Å². The summed E-state index contributed by atoms with van der Waals surface area (Å²) < 4.78 is 5.12. The summed E-state index contributed by atoms with van der Waals surface area (Å²) in [7, 11) is 1.62. The van der Waals surface area contributed by atoms with E-state index in [0.29, 0.717) is 6.54 Å². The molecule has 2 aromatic rings. The summed E-state index contributed by atoms with van der Waals surface area (Å²) in [5.41, 5.74) is 2.64. The molecule has 3 rings (SSSR count). The summed E-state index contributed by atoms with van der Waals surface area (Å²) in [5.74, 6) is 0.874. The Hall–Kier alpha value is -2.86. The third-order valence-electron chi connectivity index (χ3n) is 4.89. The lowest BCUT2D eigenvalue weighted by molar-refractivity contribution is -0.892. The molecule has 0 radical (unpaired) electrons. The number of carbonyl (C=O) groups is 2. The molecule has 2 N–H and O–H groups in total. The number of carbonyl (C=O) groups excluding carboxylic acids is 2. The number of nitrogens with one attached hydrogen (secondary N) is 2. The molecule has 0 atom stereocenters. The zero-order chi connectivity index (χ0) is 19.2. The lowest BCUT2D eigenvalue weighted by Gasteiger charge is -2.33. The second-order valence-corrected chi connectivity index (χ2v) is 6.79. The lowest BCUT2D eigenvalue weighted by Crippen LogP contribution is -3.15. The molecule has 0 saturated carbocycles. The molecule has 2 aromatic carbocycles. The molecule has 27 heavy (non-hydrogen) atoms. The lowest BCUT2D eigenvalue weighted by atomic mass is 10.1. The molecule has 1 amide bonds. The standard InChI is InChI=1S/C21H25N3O3/c1-16(25)17-3-7-19(8-4-17)24-13-11-23(12-14-24)15-21(26)22-18-5-9-20(27-2)10-6-18/h3-10H,11-15H2,1-2H3,(H,22,26)/p+1. The number of amides is 1. The fourth-order valence-electron chi connectivity index (χ4n) is 3.27. The molecule has 0 unspecified atom stereocenters. The van der Waals surface area contributed by atoms with Gasteiger partial charge in [0.25, 0.3) is 5.91 Å². The molecule has 142 valence electrons. The van der Waals surface area contributed by atoms with Gasteiger partial charge in [0.1, 0.15) is 5.75 Å². The van der Waals surface area contributed by atoms with Crippen molar-refractivity contribution in [2.24, 2.45) is 0 Å². The molecular weight excluding hydrogens is 342 g/mol. The van der Waals surface area contributed by atoms with E-state index in [2.05, 4.69) is 10.2 Å². The zero-order valence-electron chi connectivity index (χ0n) is 15.8. The molecular formula is C21H26N3O3+. The maximum Gasteiger partial charge on any atom is 0.279 e. The van der Waals surface area contributed by atoms with Gasteiger partial charge in [-0.3, -0.25) is 9.59 Å². The van der Waals surface area contributed by atoms with Crippen LogP contribution in [0.3, 0.4) is 0 Å². The predicted octanol–water partition coefficient (Wildman–Crippen LogP) is 1.24. The highest BCUT2D eigenvalue weighted by Gasteiger charge is 2.22. The van der Waals surface area contributed by atoms with Crippen LogP contribution in [0.25, 0.3) is 0 Å². The van der Waals surface area contributed by atoms with E-state index in [1.165, 1.54) is 4.90 Å². The maximum absolute atomic E-state index is 12.3. The van der Waals surface area contributed by atoms with Crippen molar-refractivity contribution >= 4 is 23.1 Å². The minimum absolute atomic E-state index is 0.0226. The van der Waals surface area contributed by atoms with Crippen LogP contribution in [-0.4, -0.2) is 51.5 Å². The number of anilines is 2. The molecule has 1 saturated heterocycles. The van der Waals surface area contributed by atoms with Crippen molar-refractivity contribution in [1.29, 1.82) is 0 Å². The highest BCUT2D eigenvalue weighted by atomic mass is 16.5. The normalized spacial score (nSPS) is 14.7. The van der Waals surface area contributed by atoms with Gasteiger partial charge in [-0.25, -0.2) is 0 Å². The van der Waals surface area contributed by atoms with Crippen molar-refractivity contribution in [2.75, 3.05) is 50.1 Å². The second kappa shape index (κ2) is 8.68. The van der Waals surface area contributed by atoms with Crippen LogP contribution in [0.2, 0.25) is 0 Å². The van der Waals surface area contributed by atoms with Gasteiger partial charge in [0, 0.05) is 16.9 Å². The molecule has 0 bridgehead atoms. The van der Waals surface area contributed by atoms with Gasteiger partial charge in [0.15, 0.2) is 12.3 Å².